The molecule has 0 aliphatic carbocycles. The van der Waals surface area contributed by atoms with Crippen LogP contribution >= 0.6 is 0 Å². The number of methoxy groups -OCH3 is 1. The number of carbonyl (C=O) groups excluding carboxylic acids is 1. The lowest BCUT2D eigenvalue weighted by Crippen LogP contribution is -2.44. The van der Waals surface area contributed by atoms with Crippen molar-refractivity contribution < 1.29 is 9.53 Å². The van der Waals surface area contributed by atoms with E-state index >= 15 is 0 Å². The average Bonchev–Trinajstić information content (AvgIpc) is 3.33. The molecule has 1 aromatic heterocycles. The van der Waals surface area contributed by atoms with E-state index in [9.17, 15) is 4.79 Å². The summed E-state index contributed by atoms with van der Waals surface area (Å²) in [5, 5.41) is 4.50. The van der Waals surface area contributed by atoms with E-state index in [1.165, 1.54) is 5.56 Å². The lowest BCUT2D eigenvalue weighted by atomic mass is 9.87. The Morgan fingerprint density at radius 3 is 2.46 bits per heavy atom. The van der Waals surface area contributed by atoms with Crippen molar-refractivity contribution in [3.05, 3.63) is 102 Å². The number of carbonyl (C=O) groups is 1. The van der Waals surface area contributed by atoms with Crippen molar-refractivity contribution in [3.8, 4) is 5.75 Å². The van der Waals surface area contributed by atoms with Gasteiger partial charge in [0.1, 0.15) is 5.75 Å². The van der Waals surface area contributed by atoms with Crippen molar-refractivity contribution in [3.63, 3.8) is 0 Å². The van der Waals surface area contributed by atoms with Crippen molar-refractivity contribution in [1.82, 2.24) is 15.2 Å². The fourth-order valence-corrected chi connectivity index (χ4v) is 5.17. The van der Waals surface area contributed by atoms with Crippen LogP contribution in [0.25, 0.3) is 10.9 Å². The molecule has 1 unspecified atom stereocenters. The number of nitrogens with zero attached hydrogens (tertiary/aromatic N) is 1. The molecule has 0 radical (unpaired) electrons. The quantitative estimate of drug-likeness (QED) is 0.361. The minimum absolute atomic E-state index is 0.0322. The Bertz CT molecular complexity index is 1240. The third-order valence-corrected chi connectivity index (χ3v) is 7.11. The van der Waals surface area contributed by atoms with Crippen LogP contribution in [0.15, 0.2) is 85.1 Å². The van der Waals surface area contributed by atoms with Crippen LogP contribution in [0.1, 0.15) is 41.9 Å². The molecule has 3 aromatic carbocycles. The number of rotatable bonds is 8. The topological polar surface area (TPSA) is 57.4 Å². The molecular weight excluding hydrogens is 434 g/mol. The maximum atomic E-state index is 13.3. The first-order valence-electron chi connectivity index (χ1n) is 12.4. The molecule has 5 nitrogen and oxygen atoms in total. The molecule has 5 rings (SSSR count). The fraction of sp³-hybridized carbons (Fsp3) is 0.300. The summed E-state index contributed by atoms with van der Waals surface area (Å²) >= 11 is 0. The van der Waals surface area contributed by atoms with E-state index in [1.807, 2.05) is 24.3 Å². The van der Waals surface area contributed by atoms with Gasteiger partial charge in [0.25, 0.3) is 0 Å². The Kier molecular flexibility index (Phi) is 7.15. The number of benzene rings is 3. The molecular formula is C30H33N3O2. The van der Waals surface area contributed by atoms with Gasteiger partial charge in [-0.15, -0.1) is 0 Å². The summed E-state index contributed by atoms with van der Waals surface area (Å²) in [7, 11) is 1.67. The smallest absolute Gasteiger partial charge is 0.221 e. The van der Waals surface area contributed by atoms with Gasteiger partial charge < -0.3 is 15.0 Å². The first kappa shape index (κ1) is 23.2. The summed E-state index contributed by atoms with van der Waals surface area (Å²) in [5.41, 5.74) is 4.70. The monoisotopic (exact) mass is 467 g/mol. The van der Waals surface area contributed by atoms with E-state index in [0.717, 1.165) is 60.3 Å². The Labute approximate surface area is 207 Å². The molecule has 2 N–H and O–H groups in total. The number of aromatic amines is 1. The summed E-state index contributed by atoms with van der Waals surface area (Å²) in [6.07, 6.45) is 4.44. The molecule has 1 aliphatic heterocycles. The summed E-state index contributed by atoms with van der Waals surface area (Å²) in [4.78, 5) is 19.1. The van der Waals surface area contributed by atoms with Crippen LogP contribution in [-0.2, 0) is 11.3 Å². The second-order valence-corrected chi connectivity index (χ2v) is 9.42. The highest BCUT2D eigenvalue weighted by atomic mass is 16.5. The van der Waals surface area contributed by atoms with Crippen molar-refractivity contribution in [1.29, 1.82) is 0 Å². The first-order chi connectivity index (χ1) is 17.2. The minimum Gasteiger partial charge on any atom is -0.497 e. The number of H-pyrrole nitrogens is 1. The van der Waals surface area contributed by atoms with Crippen LogP contribution in [0.4, 0.5) is 0 Å². The highest BCUT2D eigenvalue weighted by Crippen LogP contribution is 2.34. The molecule has 0 bridgehead atoms. The number of nitrogens with one attached hydrogen (secondary N) is 2. The highest BCUT2D eigenvalue weighted by Gasteiger charge is 2.25. The number of ether oxygens (including phenoxy) is 1. The lowest BCUT2D eigenvalue weighted by Gasteiger charge is -2.32. The van der Waals surface area contributed by atoms with E-state index in [0.29, 0.717) is 6.42 Å². The molecule has 35 heavy (non-hydrogen) atoms. The van der Waals surface area contributed by atoms with Gasteiger partial charge >= 0.3 is 0 Å². The molecule has 1 saturated heterocycles. The van der Waals surface area contributed by atoms with Crippen LogP contribution in [0, 0.1) is 0 Å². The maximum absolute atomic E-state index is 13.3. The zero-order chi connectivity index (χ0) is 24.0. The van der Waals surface area contributed by atoms with E-state index in [1.54, 1.807) is 7.11 Å². The molecule has 1 fully saturated rings. The summed E-state index contributed by atoms with van der Waals surface area (Å²) < 4.78 is 5.35. The van der Waals surface area contributed by atoms with E-state index in [-0.39, 0.29) is 17.9 Å². The van der Waals surface area contributed by atoms with Gasteiger partial charge in [-0.2, -0.15) is 0 Å². The number of aromatic nitrogens is 1. The zero-order valence-electron chi connectivity index (χ0n) is 20.2. The lowest BCUT2D eigenvalue weighted by molar-refractivity contribution is -0.122. The van der Waals surface area contributed by atoms with Crippen LogP contribution in [0.2, 0.25) is 0 Å². The molecule has 0 spiro atoms. The van der Waals surface area contributed by atoms with E-state index in [2.05, 4.69) is 76.0 Å². The van der Waals surface area contributed by atoms with Gasteiger partial charge in [-0.05, 0) is 47.7 Å². The molecule has 4 aromatic rings. The number of amides is 1. The van der Waals surface area contributed by atoms with Gasteiger partial charge in [0, 0.05) is 55.1 Å². The second kappa shape index (κ2) is 10.8. The van der Waals surface area contributed by atoms with Crippen molar-refractivity contribution in [2.45, 2.75) is 37.8 Å². The summed E-state index contributed by atoms with van der Waals surface area (Å²) in [5.74, 6) is 0.894. The number of hydrogen-bond acceptors (Lipinski definition) is 3. The first-order valence-corrected chi connectivity index (χ1v) is 12.4. The Balaban J connectivity index is 1.26. The molecule has 1 aliphatic rings. The largest absolute Gasteiger partial charge is 0.497 e. The van der Waals surface area contributed by atoms with Crippen LogP contribution in [0.3, 0.4) is 0 Å². The van der Waals surface area contributed by atoms with Crippen LogP contribution < -0.4 is 10.1 Å². The number of likely N-dealkylation sites (tertiary alicyclic amines) is 1. The number of fused-ring (bicyclic) bond motifs is 1. The van der Waals surface area contributed by atoms with Gasteiger partial charge in [0.05, 0.1) is 7.11 Å². The molecule has 180 valence electrons. The van der Waals surface area contributed by atoms with Crippen molar-refractivity contribution in [2.24, 2.45) is 0 Å². The zero-order valence-corrected chi connectivity index (χ0v) is 20.2. The Morgan fingerprint density at radius 2 is 1.71 bits per heavy atom. The Morgan fingerprint density at radius 1 is 1.00 bits per heavy atom. The van der Waals surface area contributed by atoms with Gasteiger partial charge in [-0.3, -0.25) is 9.69 Å². The van der Waals surface area contributed by atoms with Crippen LogP contribution in [0.5, 0.6) is 5.75 Å². The molecule has 0 saturated carbocycles. The molecule has 5 heteroatoms. The van der Waals surface area contributed by atoms with Crippen molar-refractivity contribution >= 4 is 16.8 Å². The maximum Gasteiger partial charge on any atom is 0.221 e. The van der Waals surface area contributed by atoms with Gasteiger partial charge in [0.15, 0.2) is 0 Å². The third kappa shape index (κ3) is 5.57. The summed E-state index contributed by atoms with van der Waals surface area (Å²) in [6.45, 7) is 2.98. The predicted octanol–water partition coefficient (Wildman–Crippen LogP) is 5.48. The van der Waals surface area contributed by atoms with E-state index in [4.69, 9.17) is 4.74 Å². The minimum atomic E-state index is -0.0322. The van der Waals surface area contributed by atoms with Crippen molar-refractivity contribution in [2.75, 3.05) is 20.2 Å². The third-order valence-electron chi connectivity index (χ3n) is 7.11. The fourth-order valence-electron chi connectivity index (χ4n) is 5.17. The standard InChI is InChI=1S/C30H33N3O2/c1-35-25-13-11-23(12-14-25)27(28-20-31-29-10-6-5-9-26(28)29)19-30(34)32-24-15-17-33(18-16-24)21-22-7-3-2-4-8-22/h2-14,20,24,27,31H,15-19,21H2,1H3,(H,32,34). The predicted molar refractivity (Wildman–Crippen MR) is 141 cm³/mol. The highest BCUT2D eigenvalue weighted by molar-refractivity contribution is 5.86. The molecule has 1 amide bonds. The van der Waals surface area contributed by atoms with Gasteiger partial charge in [-0.1, -0.05) is 60.7 Å². The Hall–Kier alpha value is -3.57. The normalized spacial score (nSPS) is 15.7. The van der Waals surface area contributed by atoms with Gasteiger partial charge in [-0.25, -0.2) is 0 Å². The number of piperidine rings is 1. The number of para-hydroxylation sites is 1. The number of hydrogen-bond donors (Lipinski definition) is 2. The molecule has 2 heterocycles. The summed E-state index contributed by atoms with van der Waals surface area (Å²) in [6, 6.07) is 27.2. The molecule has 1 atom stereocenters. The average molecular weight is 468 g/mol. The van der Waals surface area contributed by atoms with E-state index < -0.39 is 0 Å². The SMILES string of the molecule is COc1ccc(C(CC(=O)NC2CCN(Cc3ccccc3)CC2)c2c[nH]c3ccccc23)cc1. The van der Waals surface area contributed by atoms with Gasteiger partial charge in [0.2, 0.25) is 5.91 Å². The van der Waals surface area contributed by atoms with Crippen LogP contribution in [-0.4, -0.2) is 42.0 Å². The second-order valence-electron chi connectivity index (χ2n) is 9.42.